The minimum atomic E-state index is -0.687. The number of halogens is 1. The fourth-order valence-corrected chi connectivity index (χ4v) is 5.24. The summed E-state index contributed by atoms with van der Waals surface area (Å²) in [5, 5.41) is 2.30. The van der Waals surface area contributed by atoms with Crippen LogP contribution in [-0.4, -0.2) is 51.6 Å². The lowest BCUT2D eigenvalue weighted by Crippen LogP contribution is -2.52. The molecule has 2 fully saturated rings. The Hall–Kier alpha value is -3.13. The van der Waals surface area contributed by atoms with E-state index in [2.05, 4.69) is 28.2 Å². The van der Waals surface area contributed by atoms with Crippen molar-refractivity contribution in [2.24, 2.45) is 0 Å². The topological polar surface area (TPSA) is 82.6 Å². The molecule has 172 valence electrons. The van der Waals surface area contributed by atoms with Crippen molar-refractivity contribution in [3.63, 3.8) is 0 Å². The van der Waals surface area contributed by atoms with Crippen LogP contribution >= 0.6 is 0 Å². The van der Waals surface area contributed by atoms with Gasteiger partial charge in [-0.25, -0.2) is 4.39 Å². The van der Waals surface area contributed by atoms with Gasteiger partial charge in [0.1, 0.15) is 11.9 Å². The number of likely N-dealkylation sites (tertiary alicyclic amines) is 1. The molecular formula is C25H27FN4O3. The summed E-state index contributed by atoms with van der Waals surface area (Å²) in [4.78, 5) is 44.8. The molecule has 0 radical (unpaired) electrons. The quantitative estimate of drug-likeness (QED) is 0.725. The van der Waals surface area contributed by atoms with Crippen molar-refractivity contribution in [3.05, 3.63) is 64.2 Å². The zero-order chi connectivity index (χ0) is 23.1. The van der Waals surface area contributed by atoms with Crippen molar-refractivity contribution < 1.29 is 18.8 Å². The van der Waals surface area contributed by atoms with Gasteiger partial charge in [0, 0.05) is 31.3 Å². The lowest BCUT2D eigenvalue weighted by molar-refractivity contribution is -0.136. The van der Waals surface area contributed by atoms with Gasteiger partial charge in [0.25, 0.3) is 5.91 Å². The molecule has 2 saturated heterocycles. The smallest absolute Gasteiger partial charge is 0.255 e. The van der Waals surface area contributed by atoms with Crippen molar-refractivity contribution in [3.8, 4) is 0 Å². The van der Waals surface area contributed by atoms with Gasteiger partial charge in [-0.15, -0.1) is 0 Å². The molecule has 0 aliphatic carbocycles. The summed E-state index contributed by atoms with van der Waals surface area (Å²) < 4.78 is 15.1. The Bertz CT molecular complexity index is 1130. The van der Waals surface area contributed by atoms with E-state index < -0.39 is 11.9 Å². The first-order valence-corrected chi connectivity index (χ1v) is 11.5. The molecule has 3 amide bonds. The Morgan fingerprint density at radius 2 is 1.91 bits per heavy atom. The number of hydrogen-bond acceptors (Lipinski definition) is 5. The molecule has 1 aromatic carbocycles. The second-order valence-corrected chi connectivity index (χ2v) is 9.31. The number of piperidine rings is 2. The van der Waals surface area contributed by atoms with Crippen molar-refractivity contribution in [1.82, 2.24) is 20.1 Å². The second kappa shape index (κ2) is 8.67. The Balaban J connectivity index is 1.27. The Morgan fingerprint density at radius 3 is 2.64 bits per heavy atom. The molecule has 1 atom stereocenters. The zero-order valence-corrected chi connectivity index (χ0v) is 18.6. The van der Waals surface area contributed by atoms with Crippen LogP contribution in [0, 0.1) is 12.7 Å². The van der Waals surface area contributed by atoms with E-state index >= 15 is 4.39 Å². The number of benzene rings is 1. The lowest BCUT2D eigenvalue weighted by atomic mass is 9.87. The molecule has 33 heavy (non-hydrogen) atoms. The molecule has 3 aliphatic heterocycles. The fraction of sp³-hybridized carbons (Fsp3) is 0.440. The van der Waals surface area contributed by atoms with Gasteiger partial charge >= 0.3 is 0 Å². The maximum atomic E-state index is 15.1. The number of carbonyl (C=O) groups excluding carboxylic acids is 3. The number of nitrogens with zero attached hydrogens (tertiary/aromatic N) is 3. The maximum Gasteiger partial charge on any atom is 0.255 e. The highest BCUT2D eigenvalue weighted by molar-refractivity contribution is 6.05. The standard InChI is InChI=1S/C25H27FN4O3/c1-15-4-7-27-18(10-15)14-29-8-5-16(6-9-29)19-11-17-13-30(25(33)20(17)12-21(19)26)22-2-3-23(31)28-24(22)32/h4,7,10-12,16,22H,2-3,5-6,8-9,13-14H2,1H3,(H,28,31,32). The number of fused-ring (bicyclic) bond motifs is 1. The number of hydrogen-bond donors (Lipinski definition) is 1. The zero-order valence-electron chi connectivity index (χ0n) is 18.6. The monoisotopic (exact) mass is 450 g/mol. The molecule has 7 nitrogen and oxygen atoms in total. The highest BCUT2D eigenvalue weighted by atomic mass is 19.1. The molecule has 4 heterocycles. The van der Waals surface area contributed by atoms with Gasteiger partial charge in [0.15, 0.2) is 0 Å². The van der Waals surface area contributed by atoms with Crippen LogP contribution < -0.4 is 5.32 Å². The average Bonchev–Trinajstić information content (AvgIpc) is 3.09. The molecule has 1 N–H and O–H groups in total. The van der Waals surface area contributed by atoms with Crippen LogP contribution in [0.15, 0.2) is 30.5 Å². The minimum absolute atomic E-state index is 0.0942. The molecule has 1 unspecified atom stereocenters. The Morgan fingerprint density at radius 1 is 1.12 bits per heavy atom. The van der Waals surface area contributed by atoms with Crippen molar-refractivity contribution in [2.75, 3.05) is 13.1 Å². The second-order valence-electron chi connectivity index (χ2n) is 9.31. The van der Waals surface area contributed by atoms with Gasteiger partial charge < -0.3 is 4.90 Å². The molecule has 0 saturated carbocycles. The summed E-state index contributed by atoms with van der Waals surface area (Å²) in [6, 6.07) is 6.54. The van der Waals surface area contributed by atoms with Crippen molar-refractivity contribution in [1.29, 1.82) is 0 Å². The summed E-state index contributed by atoms with van der Waals surface area (Å²) >= 11 is 0. The molecule has 5 rings (SSSR count). The predicted molar refractivity (Wildman–Crippen MR) is 119 cm³/mol. The van der Waals surface area contributed by atoms with Gasteiger partial charge in [0.05, 0.1) is 5.69 Å². The molecule has 3 aliphatic rings. The number of imide groups is 1. The first-order valence-electron chi connectivity index (χ1n) is 11.5. The number of aryl methyl sites for hydroxylation is 1. The van der Waals surface area contributed by atoms with Crippen LogP contribution in [0.2, 0.25) is 0 Å². The van der Waals surface area contributed by atoms with Crippen molar-refractivity contribution in [2.45, 2.75) is 57.7 Å². The Kier molecular flexibility index (Phi) is 5.70. The highest BCUT2D eigenvalue weighted by Gasteiger charge is 2.40. The highest BCUT2D eigenvalue weighted by Crippen LogP contribution is 2.35. The first-order chi connectivity index (χ1) is 15.9. The van der Waals surface area contributed by atoms with E-state index in [4.69, 9.17) is 0 Å². The van der Waals surface area contributed by atoms with Gasteiger partial charge in [-0.1, -0.05) is 6.07 Å². The molecule has 0 spiro atoms. The van der Waals surface area contributed by atoms with E-state index in [1.807, 2.05) is 18.3 Å². The van der Waals surface area contributed by atoms with Crippen LogP contribution in [0.3, 0.4) is 0 Å². The first kappa shape index (κ1) is 21.7. The summed E-state index contributed by atoms with van der Waals surface area (Å²) in [6.45, 7) is 4.83. The van der Waals surface area contributed by atoms with E-state index in [9.17, 15) is 14.4 Å². The van der Waals surface area contributed by atoms with Gasteiger partial charge in [-0.05, 0) is 80.1 Å². The molecule has 1 aromatic heterocycles. The summed E-state index contributed by atoms with van der Waals surface area (Å²) in [5.41, 5.74) is 3.97. The number of aromatic nitrogens is 1. The molecular weight excluding hydrogens is 423 g/mol. The van der Waals surface area contributed by atoms with E-state index in [1.54, 1.807) is 0 Å². The number of amides is 3. The van der Waals surface area contributed by atoms with E-state index in [0.29, 0.717) is 17.5 Å². The number of pyridine rings is 1. The molecule has 8 heteroatoms. The maximum absolute atomic E-state index is 15.1. The van der Waals surface area contributed by atoms with Crippen LogP contribution in [0.4, 0.5) is 4.39 Å². The molecule has 2 aromatic rings. The summed E-state index contributed by atoms with van der Waals surface area (Å²) in [5.74, 6) is -1.38. The predicted octanol–water partition coefficient (Wildman–Crippen LogP) is 2.67. The SMILES string of the molecule is Cc1ccnc(CN2CCC(c3cc4c(cc3F)C(=O)N(C3CCC(=O)NC3=O)C4)CC2)c1. The Labute approximate surface area is 192 Å². The summed E-state index contributed by atoms with van der Waals surface area (Å²) in [7, 11) is 0. The van der Waals surface area contributed by atoms with Crippen LogP contribution in [0.25, 0.3) is 0 Å². The van der Waals surface area contributed by atoms with Crippen LogP contribution in [0.1, 0.15) is 64.3 Å². The number of nitrogens with one attached hydrogen (secondary N) is 1. The average molecular weight is 451 g/mol. The number of carbonyl (C=O) groups is 3. The molecule has 0 bridgehead atoms. The number of rotatable bonds is 4. The largest absolute Gasteiger partial charge is 0.322 e. The van der Waals surface area contributed by atoms with Gasteiger partial charge in [-0.3, -0.25) is 29.6 Å². The van der Waals surface area contributed by atoms with Crippen molar-refractivity contribution >= 4 is 17.7 Å². The lowest BCUT2D eigenvalue weighted by Gasteiger charge is -2.32. The van der Waals surface area contributed by atoms with E-state index in [0.717, 1.165) is 43.7 Å². The van der Waals surface area contributed by atoms with E-state index in [1.165, 1.54) is 16.5 Å². The van der Waals surface area contributed by atoms with Crippen LogP contribution in [0.5, 0.6) is 0 Å². The minimum Gasteiger partial charge on any atom is -0.322 e. The fourth-order valence-electron chi connectivity index (χ4n) is 5.24. The van der Waals surface area contributed by atoms with Gasteiger partial charge in [-0.2, -0.15) is 0 Å². The third-order valence-corrected chi connectivity index (χ3v) is 7.03. The third-order valence-electron chi connectivity index (χ3n) is 7.03. The van der Waals surface area contributed by atoms with Gasteiger partial charge in [0.2, 0.25) is 11.8 Å². The normalized spacial score (nSPS) is 21.9. The third kappa shape index (κ3) is 4.27. The van der Waals surface area contributed by atoms with E-state index in [-0.39, 0.29) is 36.5 Å². The van der Waals surface area contributed by atoms with Crippen LogP contribution in [-0.2, 0) is 22.7 Å². The summed E-state index contributed by atoms with van der Waals surface area (Å²) in [6.07, 6.45) is 4.01.